The van der Waals surface area contributed by atoms with Crippen molar-refractivity contribution < 1.29 is 4.74 Å². The smallest absolute Gasteiger partial charge is 0.137 e. The van der Waals surface area contributed by atoms with Crippen LogP contribution in [0.25, 0.3) is 16.6 Å². The van der Waals surface area contributed by atoms with Crippen LogP contribution >= 0.6 is 0 Å². The van der Waals surface area contributed by atoms with Crippen LogP contribution in [-0.2, 0) is 4.74 Å². The lowest BCUT2D eigenvalue weighted by Crippen LogP contribution is -1.92. The number of aromatic amines is 1. The van der Waals surface area contributed by atoms with Crippen LogP contribution < -0.4 is 0 Å². The zero-order valence-corrected chi connectivity index (χ0v) is 9.45. The maximum atomic E-state index is 5.19. The van der Waals surface area contributed by atoms with Crippen LogP contribution in [0.5, 0.6) is 0 Å². The molecule has 2 heterocycles. The molecule has 3 heteroatoms. The Morgan fingerprint density at radius 3 is 3.00 bits per heavy atom. The lowest BCUT2D eigenvalue weighted by Gasteiger charge is -2.10. The van der Waals surface area contributed by atoms with Gasteiger partial charge in [-0.25, -0.2) is 4.98 Å². The number of hydrogen-bond acceptors (Lipinski definition) is 2. The Kier molecular flexibility index (Phi) is 2.77. The summed E-state index contributed by atoms with van der Waals surface area (Å²) in [5.41, 5.74) is 2.95. The van der Waals surface area contributed by atoms with Gasteiger partial charge in [0.1, 0.15) is 11.4 Å². The lowest BCUT2D eigenvalue weighted by molar-refractivity contribution is 0.313. The third-order valence-corrected chi connectivity index (χ3v) is 2.59. The van der Waals surface area contributed by atoms with Gasteiger partial charge in [-0.15, -0.1) is 0 Å². The fraction of sp³-hybridized carbons (Fsp3) is 0.154. The van der Waals surface area contributed by atoms with Crippen molar-refractivity contribution in [3.8, 4) is 0 Å². The molecule has 82 valence electrons. The molecule has 0 aliphatic carbocycles. The molecule has 1 N–H and O–H groups in total. The summed E-state index contributed by atoms with van der Waals surface area (Å²) in [5.74, 6) is 0.663. The molecular formula is C13H14N2O. The average molecular weight is 214 g/mol. The van der Waals surface area contributed by atoms with E-state index in [0.29, 0.717) is 5.76 Å². The van der Waals surface area contributed by atoms with Gasteiger partial charge in [0, 0.05) is 23.4 Å². The maximum absolute atomic E-state index is 5.19. The molecule has 2 rings (SSSR count). The Bertz CT molecular complexity index is 552. The molecule has 0 atom stereocenters. The Balaban J connectivity index is 2.62. The van der Waals surface area contributed by atoms with Gasteiger partial charge >= 0.3 is 0 Å². The molecule has 0 aliphatic heterocycles. The number of rotatable bonds is 3. The van der Waals surface area contributed by atoms with Gasteiger partial charge in [-0.3, -0.25) is 0 Å². The van der Waals surface area contributed by atoms with Crippen molar-refractivity contribution in [1.82, 2.24) is 9.97 Å². The number of hydrogen-bond donors (Lipinski definition) is 1. The molecule has 0 spiro atoms. The number of methoxy groups -OCH3 is 1. The molecular weight excluding hydrogens is 200 g/mol. The van der Waals surface area contributed by atoms with E-state index in [9.17, 15) is 0 Å². The first-order valence-corrected chi connectivity index (χ1v) is 5.10. The Morgan fingerprint density at radius 1 is 1.50 bits per heavy atom. The van der Waals surface area contributed by atoms with Crippen molar-refractivity contribution in [2.24, 2.45) is 0 Å². The van der Waals surface area contributed by atoms with E-state index >= 15 is 0 Å². The van der Waals surface area contributed by atoms with Crippen LogP contribution in [0.2, 0.25) is 0 Å². The van der Waals surface area contributed by atoms with E-state index in [0.717, 1.165) is 22.2 Å². The van der Waals surface area contributed by atoms with Gasteiger partial charge in [0.25, 0.3) is 0 Å². The average Bonchev–Trinajstić information content (AvgIpc) is 2.78. The van der Waals surface area contributed by atoms with Crippen molar-refractivity contribution in [2.75, 3.05) is 7.11 Å². The fourth-order valence-electron chi connectivity index (χ4n) is 1.77. The number of allylic oxidation sites excluding steroid dienone is 2. The predicted octanol–water partition coefficient (Wildman–Crippen LogP) is 3.13. The van der Waals surface area contributed by atoms with Gasteiger partial charge in [0.2, 0.25) is 0 Å². The second kappa shape index (κ2) is 4.23. The van der Waals surface area contributed by atoms with Crippen molar-refractivity contribution in [3.63, 3.8) is 0 Å². The van der Waals surface area contributed by atoms with Gasteiger partial charge < -0.3 is 9.72 Å². The topological polar surface area (TPSA) is 37.9 Å². The molecule has 0 aromatic carbocycles. The van der Waals surface area contributed by atoms with Gasteiger partial charge in [0.05, 0.1) is 7.11 Å². The molecule has 16 heavy (non-hydrogen) atoms. The number of nitrogens with zero attached hydrogens (tertiary/aromatic N) is 1. The van der Waals surface area contributed by atoms with Crippen LogP contribution in [0.15, 0.2) is 42.9 Å². The van der Waals surface area contributed by atoms with Crippen molar-refractivity contribution >= 4 is 16.6 Å². The summed E-state index contributed by atoms with van der Waals surface area (Å²) in [5, 5.41) is 1.08. The first kappa shape index (κ1) is 10.5. The molecule has 0 unspecified atom stereocenters. The molecule has 0 amide bonds. The first-order chi connectivity index (χ1) is 7.77. The quantitative estimate of drug-likeness (QED) is 0.629. The molecule has 0 bridgehead atoms. The minimum Gasteiger partial charge on any atom is -0.497 e. The van der Waals surface area contributed by atoms with Gasteiger partial charge in [-0.2, -0.15) is 0 Å². The number of H-pyrrole nitrogens is 1. The van der Waals surface area contributed by atoms with Gasteiger partial charge in [0.15, 0.2) is 0 Å². The summed E-state index contributed by atoms with van der Waals surface area (Å²) in [6.45, 7) is 5.86. The molecule has 0 radical (unpaired) electrons. The lowest BCUT2D eigenvalue weighted by atomic mass is 10.0. The van der Waals surface area contributed by atoms with E-state index in [1.165, 1.54) is 0 Å². The highest BCUT2D eigenvalue weighted by atomic mass is 16.5. The highest BCUT2D eigenvalue weighted by molar-refractivity contribution is 5.93. The molecule has 2 aromatic heterocycles. The van der Waals surface area contributed by atoms with Crippen LogP contribution in [0.3, 0.4) is 0 Å². The number of nitrogens with one attached hydrogen (secondary N) is 1. The number of ether oxygens (including phenoxy) is 1. The van der Waals surface area contributed by atoms with Crippen LogP contribution in [0.4, 0.5) is 0 Å². The minimum absolute atomic E-state index is 0.663. The van der Waals surface area contributed by atoms with Crippen molar-refractivity contribution in [2.45, 2.75) is 6.92 Å². The standard InChI is InChI=1S/C13H14N2O/c1-4-10(9(2)16-3)11-5-7-14-13-12(11)6-8-15-13/h4-8H,2H2,1,3H3,(H,14,15)/b10-4+. The van der Waals surface area contributed by atoms with E-state index in [1.54, 1.807) is 13.3 Å². The highest BCUT2D eigenvalue weighted by Gasteiger charge is 2.10. The zero-order valence-electron chi connectivity index (χ0n) is 9.45. The second-order valence-electron chi connectivity index (χ2n) is 3.43. The molecule has 0 aliphatic rings. The maximum Gasteiger partial charge on any atom is 0.137 e. The van der Waals surface area contributed by atoms with E-state index in [4.69, 9.17) is 4.74 Å². The molecule has 2 aromatic rings. The van der Waals surface area contributed by atoms with Crippen molar-refractivity contribution in [1.29, 1.82) is 0 Å². The van der Waals surface area contributed by atoms with Gasteiger partial charge in [-0.1, -0.05) is 12.7 Å². The number of fused-ring (bicyclic) bond motifs is 1. The summed E-state index contributed by atoms with van der Waals surface area (Å²) < 4.78 is 5.19. The summed E-state index contributed by atoms with van der Waals surface area (Å²) in [7, 11) is 1.63. The summed E-state index contributed by atoms with van der Waals surface area (Å²) in [4.78, 5) is 7.34. The van der Waals surface area contributed by atoms with Gasteiger partial charge in [-0.05, 0) is 24.6 Å². The second-order valence-corrected chi connectivity index (χ2v) is 3.43. The molecule has 0 saturated heterocycles. The van der Waals surface area contributed by atoms with E-state index < -0.39 is 0 Å². The van der Waals surface area contributed by atoms with Crippen LogP contribution in [0, 0.1) is 0 Å². The van der Waals surface area contributed by atoms with E-state index in [1.807, 2.05) is 31.3 Å². The van der Waals surface area contributed by atoms with Crippen molar-refractivity contribution in [3.05, 3.63) is 48.5 Å². The largest absolute Gasteiger partial charge is 0.497 e. The third-order valence-electron chi connectivity index (χ3n) is 2.59. The molecule has 0 fully saturated rings. The SMILES string of the molecule is C=C(OC)/C(=C\C)c1ccnc2[nH]ccc12. The number of aromatic nitrogens is 2. The first-order valence-electron chi connectivity index (χ1n) is 5.10. The predicted molar refractivity (Wildman–Crippen MR) is 65.9 cm³/mol. The van der Waals surface area contributed by atoms with Crippen LogP contribution in [-0.4, -0.2) is 17.1 Å². The van der Waals surface area contributed by atoms with E-state index in [-0.39, 0.29) is 0 Å². The summed E-state index contributed by atoms with van der Waals surface area (Å²) in [6, 6.07) is 3.97. The molecule has 3 nitrogen and oxygen atoms in total. The van der Waals surface area contributed by atoms with E-state index in [2.05, 4.69) is 16.5 Å². The third kappa shape index (κ3) is 1.60. The monoisotopic (exact) mass is 214 g/mol. The minimum atomic E-state index is 0.663. The zero-order chi connectivity index (χ0) is 11.5. The number of pyridine rings is 1. The van der Waals surface area contributed by atoms with Crippen LogP contribution in [0.1, 0.15) is 12.5 Å². The Morgan fingerprint density at radius 2 is 2.31 bits per heavy atom. The highest BCUT2D eigenvalue weighted by Crippen LogP contribution is 2.27. The Labute approximate surface area is 94.5 Å². The Hall–Kier alpha value is -2.03. The fourth-order valence-corrected chi connectivity index (χ4v) is 1.77. The summed E-state index contributed by atoms with van der Waals surface area (Å²) in [6.07, 6.45) is 5.65. The molecule has 0 saturated carbocycles. The summed E-state index contributed by atoms with van der Waals surface area (Å²) >= 11 is 0. The normalized spacial score (nSPS) is 11.8.